The molecular formula is C26H29N3O3S. The number of amides is 1. The van der Waals surface area contributed by atoms with Crippen molar-refractivity contribution in [1.29, 1.82) is 0 Å². The standard InChI is InChI=1S/C26H29N3O3S/c1-18(2)31-26(30)28-14-10-21(11-15-28)32-24-5-3-4-23-22(24)12-16-29(23)20-8-6-19(7-9-20)25-27-13-17-33-25/h3-9,13,17-18,21H,10-12,14-16H2,1-2H3. The molecule has 2 aromatic carbocycles. The molecule has 3 aromatic rings. The number of hydrogen-bond acceptors (Lipinski definition) is 6. The number of carbonyl (C=O) groups is 1. The minimum Gasteiger partial charge on any atom is -0.490 e. The highest BCUT2D eigenvalue weighted by Crippen LogP contribution is 2.40. The molecule has 5 rings (SSSR count). The maximum Gasteiger partial charge on any atom is 0.410 e. The molecule has 0 N–H and O–H groups in total. The fourth-order valence-electron chi connectivity index (χ4n) is 4.54. The molecule has 0 bridgehead atoms. The predicted octanol–water partition coefficient (Wildman–Crippen LogP) is 5.89. The molecule has 172 valence electrons. The van der Waals surface area contributed by atoms with Crippen LogP contribution in [0.1, 0.15) is 32.3 Å². The van der Waals surface area contributed by atoms with E-state index in [4.69, 9.17) is 9.47 Å². The Bertz CT molecular complexity index is 1090. The Balaban J connectivity index is 1.25. The Morgan fingerprint density at radius 2 is 1.88 bits per heavy atom. The molecule has 0 saturated carbocycles. The van der Waals surface area contributed by atoms with Gasteiger partial charge in [-0.3, -0.25) is 0 Å². The van der Waals surface area contributed by atoms with Gasteiger partial charge in [0.25, 0.3) is 0 Å². The Kier molecular flexibility index (Phi) is 6.22. The third-order valence-corrected chi connectivity index (χ3v) is 7.00. The van der Waals surface area contributed by atoms with Crippen LogP contribution in [0.15, 0.2) is 54.0 Å². The van der Waals surface area contributed by atoms with Gasteiger partial charge in [-0.25, -0.2) is 9.78 Å². The summed E-state index contributed by atoms with van der Waals surface area (Å²) in [5.74, 6) is 0.970. The van der Waals surface area contributed by atoms with E-state index in [9.17, 15) is 4.79 Å². The van der Waals surface area contributed by atoms with E-state index in [-0.39, 0.29) is 18.3 Å². The summed E-state index contributed by atoms with van der Waals surface area (Å²) in [5, 5.41) is 3.05. The van der Waals surface area contributed by atoms with Crippen molar-refractivity contribution in [2.24, 2.45) is 0 Å². The molecule has 7 heteroatoms. The van der Waals surface area contributed by atoms with Crippen molar-refractivity contribution >= 4 is 28.8 Å². The molecule has 1 fully saturated rings. The second-order valence-corrected chi connectivity index (χ2v) is 9.67. The summed E-state index contributed by atoms with van der Waals surface area (Å²) in [7, 11) is 0. The summed E-state index contributed by atoms with van der Waals surface area (Å²) in [6, 6.07) is 15.0. The van der Waals surface area contributed by atoms with E-state index in [1.807, 2.05) is 25.4 Å². The van der Waals surface area contributed by atoms with Gasteiger partial charge < -0.3 is 19.3 Å². The van der Waals surface area contributed by atoms with E-state index in [2.05, 4.69) is 52.3 Å². The van der Waals surface area contributed by atoms with E-state index in [0.29, 0.717) is 13.1 Å². The van der Waals surface area contributed by atoms with Crippen LogP contribution in [-0.4, -0.2) is 47.8 Å². The normalized spacial score (nSPS) is 16.2. The third kappa shape index (κ3) is 4.69. The molecule has 0 aliphatic carbocycles. The molecule has 0 unspecified atom stereocenters. The van der Waals surface area contributed by atoms with Crippen LogP contribution in [0.4, 0.5) is 16.2 Å². The van der Waals surface area contributed by atoms with Crippen molar-refractivity contribution in [2.75, 3.05) is 24.5 Å². The number of hydrogen-bond donors (Lipinski definition) is 0. The molecular weight excluding hydrogens is 434 g/mol. The zero-order chi connectivity index (χ0) is 22.8. The van der Waals surface area contributed by atoms with Crippen molar-refractivity contribution in [2.45, 2.75) is 45.3 Å². The van der Waals surface area contributed by atoms with Crippen LogP contribution in [0.2, 0.25) is 0 Å². The summed E-state index contributed by atoms with van der Waals surface area (Å²) < 4.78 is 11.8. The number of rotatable bonds is 5. The van der Waals surface area contributed by atoms with E-state index in [0.717, 1.165) is 42.1 Å². The van der Waals surface area contributed by atoms with Gasteiger partial charge in [-0.15, -0.1) is 11.3 Å². The lowest BCUT2D eigenvalue weighted by Gasteiger charge is -2.32. The zero-order valence-electron chi connectivity index (χ0n) is 19.1. The van der Waals surface area contributed by atoms with Crippen LogP contribution in [0.5, 0.6) is 5.75 Å². The maximum atomic E-state index is 12.1. The summed E-state index contributed by atoms with van der Waals surface area (Å²) in [6.07, 6.45) is 4.24. The second-order valence-electron chi connectivity index (χ2n) is 8.78. The molecule has 1 aromatic heterocycles. The van der Waals surface area contributed by atoms with Crippen LogP contribution in [0.3, 0.4) is 0 Å². The molecule has 6 nitrogen and oxygen atoms in total. The summed E-state index contributed by atoms with van der Waals surface area (Å²) in [4.78, 5) is 20.7. The summed E-state index contributed by atoms with van der Waals surface area (Å²) in [6.45, 7) is 6.03. The molecule has 3 heterocycles. The molecule has 2 aliphatic rings. The SMILES string of the molecule is CC(C)OC(=O)N1CCC(Oc2cccc3c2CCN3c2ccc(-c3nccs3)cc2)CC1. The number of thiazole rings is 1. The number of fused-ring (bicyclic) bond motifs is 1. The first-order valence-corrected chi connectivity index (χ1v) is 12.5. The molecule has 0 spiro atoms. The lowest BCUT2D eigenvalue weighted by molar-refractivity contribution is 0.0515. The molecule has 1 saturated heterocycles. The number of nitrogens with zero attached hydrogens (tertiary/aromatic N) is 3. The quantitative estimate of drug-likeness (QED) is 0.472. The van der Waals surface area contributed by atoms with Crippen LogP contribution in [-0.2, 0) is 11.2 Å². The number of carbonyl (C=O) groups excluding carboxylic acids is 1. The Morgan fingerprint density at radius 1 is 1.09 bits per heavy atom. The number of ether oxygens (including phenoxy) is 2. The first-order valence-electron chi connectivity index (χ1n) is 11.6. The van der Waals surface area contributed by atoms with E-state index in [1.54, 1.807) is 16.2 Å². The van der Waals surface area contributed by atoms with Crippen molar-refractivity contribution < 1.29 is 14.3 Å². The minimum atomic E-state index is -0.222. The zero-order valence-corrected chi connectivity index (χ0v) is 19.9. The van der Waals surface area contributed by atoms with Gasteiger partial charge in [0.15, 0.2) is 0 Å². The van der Waals surface area contributed by atoms with Gasteiger partial charge in [0.05, 0.1) is 6.10 Å². The lowest BCUT2D eigenvalue weighted by atomic mass is 10.1. The van der Waals surface area contributed by atoms with E-state index < -0.39 is 0 Å². The fraction of sp³-hybridized carbons (Fsp3) is 0.385. The van der Waals surface area contributed by atoms with Crippen LogP contribution in [0, 0.1) is 0 Å². The van der Waals surface area contributed by atoms with Crippen molar-refractivity contribution in [3.05, 3.63) is 59.6 Å². The Morgan fingerprint density at radius 3 is 2.58 bits per heavy atom. The van der Waals surface area contributed by atoms with Crippen LogP contribution >= 0.6 is 11.3 Å². The Labute approximate surface area is 198 Å². The molecule has 2 aliphatic heterocycles. The maximum absolute atomic E-state index is 12.1. The number of anilines is 2. The third-order valence-electron chi connectivity index (χ3n) is 6.17. The number of aromatic nitrogens is 1. The van der Waals surface area contributed by atoms with E-state index >= 15 is 0 Å². The smallest absolute Gasteiger partial charge is 0.410 e. The second kappa shape index (κ2) is 9.43. The largest absolute Gasteiger partial charge is 0.490 e. The Hall–Kier alpha value is -3.06. The monoisotopic (exact) mass is 463 g/mol. The number of likely N-dealkylation sites (tertiary alicyclic amines) is 1. The van der Waals surface area contributed by atoms with Gasteiger partial charge >= 0.3 is 6.09 Å². The average Bonchev–Trinajstić information content (AvgIpc) is 3.50. The van der Waals surface area contributed by atoms with Crippen LogP contribution in [0.25, 0.3) is 10.6 Å². The van der Waals surface area contributed by atoms with E-state index in [1.165, 1.54) is 16.9 Å². The van der Waals surface area contributed by atoms with Crippen molar-refractivity contribution in [3.63, 3.8) is 0 Å². The highest BCUT2D eigenvalue weighted by Gasteiger charge is 2.28. The highest BCUT2D eigenvalue weighted by molar-refractivity contribution is 7.13. The first kappa shape index (κ1) is 21.8. The molecule has 33 heavy (non-hydrogen) atoms. The topological polar surface area (TPSA) is 54.9 Å². The number of benzene rings is 2. The summed E-state index contributed by atoms with van der Waals surface area (Å²) >= 11 is 1.66. The van der Waals surface area contributed by atoms with Gasteiger partial charge in [-0.1, -0.05) is 6.07 Å². The van der Waals surface area contributed by atoms with Gasteiger partial charge in [0, 0.05) is 66.6 Å². The van der Waals surface area contributed by atoms with Gasteiger partial charge in [0.2, 0.25) is 0 Å². The first-order chi connectivity index (χ1) is 16.1. The highest BCUT2D eigenvalue weighted by atomic mass is 32.1. The fourth-order valence-corrected chi connectivity index (χ4v) is 5.19. The average molecular weight is 464 g/mol. The molecule has 0 atom stereocenters. The molecule has 0 radical (unpaired) electrons. The van der Waals surface area contributed by atoms with Gasteiger partial charge in [0.1, 0.15) is 16.9 Å². The van der Waals surface area contributed by atoms with Gasteiger partial charge in [-0.05, 0) is 56.7 Å². The van der Waals surface area contributed by atoms with Crippen molar-refractivity contribution in [3.8, 4) is 16.3 Å². The number of piperidine rings is 1. The predicted molar refractivity (Wildman–Crippen MR) is 132 cm³/mol. The van der Waals surface area contributed by atoms with Gasteiger partial charge in [-0.2, -0.15) is 0 Å². The minimum absolute atomic E-state index is 0.0927. The molecule has 1 amide bonds. The van der Waals surface area contributed by atoms with Crippen molar-refractivity contribution in [1.82, 2.24) is 9.88 Å². The summed E-state index contributed by atoms with van der Waals surface area (Å²) in [5.41, 5.74) is 4.81. The lowest BCUT2D eigenvalue weighted by Crippen LogP contribution is -2.42. The van der Waals surface area contributed by atoms with Crippen LogP contribution < -0.4 is 9.64 Å².